The quantitative estimate of drug-likeness (QED) is 0.794. The van der Waals surface area contributed by atoms with Gasteiger partial charge < -0.3 is 9.84 Å². The van der Waals surface area contributed by atoms with Crippen LogP contribution in [-0.4, -0.2) is 33.1 Å². The van der Waals surface area contributed by atoms with E-state index in [1.165, 1.54) is 26.2 Å². The summed E-state index contributed by atoms with van der Waals surface area (Å²) in [6.45, 7) is 3.37. The zero-order valence-corrected chi connectivity index (χ0v) is 12.5. The van der Waals surface area contributed by atoms with Gasteiger partial charge in [0.05, 0.1) is 17.9 Å². The van der Waals surface area contributed by atoms with Crippen LogP contribution >= 0.6 is 0 Å². The molecule has 0 bridgehead atoms. The molecule has 0 fully saturated rings. The van der Waals surface area contributed by atoms with Crippen molar-refractivity contribution < 1.29 is 23.1 Å². The van der Waals surface area contributed by atoms with E-state index in [-0.39, 0.29) is 17.9 Å². The van der Waals surface area contributed by atoms with E-state index in [1.54, 1.807) is 13.0 Å². The van der Waals surface area contributed by atoms with Crippen molar-refractivity contribution in [3.8, 4) is 5.75 Å². The zero-order chi connectivity index (χ0) is 15.3. The fourth-order valence-corrected chi connectivity index (χ4v) is 2.77. The van der Waals surface area contributed by atoms with Crippen molar-refractivity contribution in [2.75, 3.05) is 13.7 Å². The number of sulfonamides is 1. The summed E-state index contributed by atoms with van der Waals surface area (Å²) in [4.78, 5) is 10.8. The summed E-state index contributed by atoms with van der Waals surface area (Å²) in [6.07, 6.45) is 0.240. The number of nitrogens with one attached hydrogen (secondary N) is 1. The van der Waals surface area contributed by atoms with Gasteiger partial charge >= 0.3 is 5.97 Å². The Morgan fingerprint density at radius 1 is 1.45 bits per heavy atom. The number of carbonyl (C=O) groups is 1. The van der Waals surface area contributed by atoms with Crippen LogP contribution in [-0.2, 0) is 14.8 Å². The third kappa shape index (κ3) is 4.21. The number of rotatable bonds is 7. The van der Waals surface area contributed by atoms with Crippen LogP contribution in [0.2, 0.25) is 0 Å². The van der Waals surface area contributed by atoms with E-state index in [4.69, 9.17) is 9.84 Å². The molecule has 1 rings (SSSR count). The van der Waals surface area contributed by atoms with Crippen molar-refractivity contribution in [3.05, 3.63) is 23.8 Å². The van der Waals surface area contributed by atoms with Gasteiger partial charge in [0.25, 0.3) is 0 Å². The molecule has 0 aliphatic heterocycles. The summed E-state index contributed by atoms with van der Waals surface area (Å²) in [5.74, 6) is -0.914. The van der Waals surface area contributed by atoms with Crippen LogP contribution in [0.15, 0.2) is 23.1 Å². The topological polar surface area (TPSA) is 92.7 Å². The second-order valence-corrected chi connectivity index (χ2v) is 6.32. The Hall–Kier alpha value is -1.60. The number of aryl methyl sites for hydroxylation is 1. The van der Waals surface area contributed by atoms with Gasteiger partial charge in [-0.25, -0.2) is 13.1 Å². The van der Waals surface area contributed by atoms with Crippen LogP contribution in [0.25, 0.3) is 0 Å². The van der Waals surface area contributed by atoms with Crippen molar-refractivity contribution in [2.45, 2.75) is 25.2 Å². The third-order valence-electron chi connectivity index (χ3n) is 2.97. The average Bonchev–Trinajstić information content (AvgIpc) is 2.38. The molecule has 7 heteroatoms. The summed E-state index contributed by atoms with van der Waals surface area (Å²) in [5.41, 5.74) is 0.717. The van der Waals surface area contributed by atoms with Gasteiger partial charge in [0.15, 0.2) is 0 Å². The fourth-order valence-electron chi connectivity index (χ4n) is 1.63. The number of aliphatic carboxylic acids is 1. The fraction of sp³-hybridized carbons (Fsp3) is 0.462. The molecular weight excluding hydrogens is 282 g/mol. The highest BCUT2D eigenvalue weighted by Crippen LogP contribution is 2.21. The first-order valence-electron chi connectivity index (χ1n) is 6.15. The standard InChI is InChI=1S/C13H19NO5S/c1-9(13(15)16)6-7-14-20(17,18)11-4-5-12(19-3)10(2)8-11/h4-5,8-9,14H,6-7H2,1-3H3,(H,15,16). The van der Waals surface area contributed by atoms with Crippen LogP contribution in [0, 0.1) is 12.8 Å². The predicted molar refractivity (Wildman–Crippen MR) is 74.3 cm³/mol. The molecule has 1 aromatic carbocycles. The third-order valence-corrected chi connectivity index (χ3v) is 4.43. The Morgan fingerprint density at radius 2 is 2.10 bits per heavy atom. The van der Waals surface area contributed by atoms with Gasteiger partial charge in [-0.15, -0.1) is 0 Å². The largest absolute Gasteiger partial charge is 0.496 e. The monoisotopic (exact) mass is 301 g/mol. The first-order valence-corrected chi connectivity index (χ1v) is 7.63. The van der Waals surface area contributed by atoms with Crippen molar-refractivity contribution in [1.29, 1.82) is 0 Å². The van der Waals surface area contributed by atoms with E-state index < -0.39 is 21.9 Å². The van der Waals surface area contributed by atoms with E-state index in [1.807, 2.05) is 0 Å². The molecule has 0 aliphatic carbocycles. The average molecular weight is 301 g/mol. The molecule has 0 aliphatic rings. The van der Waals surface area contributed by atoms with E-state index in [0.717, 1.165) is 0 Å². The van der Waals surface area contributed by atoms with Gasteiger partial charge in [-0.05, 0) is 37.1 Å². The molecule has 20 heavy (non-hydrogen) atoms. The van der Waals surface area contributed by atoms with Crippen LogP contribution < -0.4 is 9.46 Å². The molecule has 112 valence electrons. The first kappa shape index (κ1) is 16.5. The Labute approximate surface area is 118 Å². The molecule has 1 atom stereocenters. The summed E-state index contributed by atoms with van der Waals surface area (Å²) < 4.78 is 31.5. The molecule has 0 spiro atoms. The van der Waals surface area contributed by atoms with Crippen molar-refractivity contribution >= 4 is 16.0 Å². The lowest BCUT2D eigenvalue weighted by molar-refractivity contribution is -0.141. The van der Waals surface area contributed by atoms with Gasteiger partial charge in [0.1, 0.15) is 5.75 Å². The van der Waals surface area contributed by atoms with Gasteiger partial charge in [-0.1, -0.05) is 6.92 Å². The summed E-state index contributed by atoms with van der Waals surface area (Å²) in [6, 6.07) is 4.56. The van der Waals surface area contributed by atoms with Crippen molar-refractivity contribution in [2.24, 2.45) is 5.92 Å². The Balaban J connectivity index is 2.74. The van der Waals surface area contributed by atoms with Crippen LogP contribution in [0.4, 0.5) is 0 Å². The smallest absolute Gasteiger partial charge is 0.306 e. The number of methoxy groups -OCH3 is 1. The molecule has 6 nitrogen and oxygen atoms in total. The highest BCUT2D eigenvalue weighted by Gasteiger charge is 2.17. The van der Waals surface area contributed by atoms with Crippen LogP contribution in [0.5, 0.6) is 5.75 Å². The molecule has 0 saturated carbocycles. The van der Waals surface area contributed by atoms with Crippen molar-refractivity contribution in [1.82, 2.24) is 4.72 Å². The maximum absolute atomic E-state index is 12.0. The minimum absolute atomic E-state index is 0.0842. The molecule has 2 N–H and O–H groups in total. The molecule has 0 heterocycles. The number of ether oxygens (including phenoxy) is 1. The van der Waals surface area contributed by atoms with Crippen molar-refractivity contribution in [3.63, 3.8) is 0 Å². The molecule has 0 aromatic heterocycles. The SMILES string of the molecule is COc1ccc(S(=O)(=O)NCCC(C)C(=O)O)cc1C. The lowest BCUT2D eigenvalue weighted by Gasteiger charge is -2.10. The molecule has 1 unspecified atom stereocenters. The maximum atomic E-state index is 12.0. The second kappa shape index (κ2) is 6.71. The molecule has 0 saturated heterocycles. The highest BCUT2D eigenvalue weighted by molar-refractivity contribution is 7.89. The molecule has 0 amide bonds. The van der Waals surface area contributed by atoms with Gasteiger partial charge in [0, 0.05) is 6.54 Å². The van der Waals surface area contributed by atoms with Crippen LogP contribution in [0.3, 0.4) is 0 Å². The van der Waals surface area contributed by atoms with Gasteiger partial charge in [0.2, 0.25) is 10.0 Å². The Kier molecular flexibility index (Phi) is 5.52. The zero-order valence-electron chi connectivity index (χ0n) is 11.7. The number of carboxylic acid groups (broad SMARTS) is 1. The number of hydrogen-bond acceptors (Lipinski definition) is 4. The highest BCUT2D eigenvalue weighted by atomic mass is 32.2. The molecule has 1 aromatic rings. The Morgan fingerprint density at radius 3 is 2.60 bits per heavy atom. The van der Waals surface area contributed by atoms with E-state index >= 15 is 0 Å². The summed E-state index contributed by atoms with van der Waals surface area (Å²) in [5, 5.41) is 8.73. The van der Waals surface area contributed by atoms with Gasteiger partial charge in [-0.3, -0.25) is 4.79 Å². The van der Waals surface area contributed by atoms with E-state index in [0.29, 0.717) is 11.3 Å². The minimum atomic E-state index is -3.63. The van der Waals surface area contributed by atoms with Gasteiger partial charge in [-0.2, -0.15) is 0 Å². The first-order chi connectivity index (χ1) is 9.27. The summed E-state index contributed by atoms with van der Waals surface area (Å²) in [7, 11) is -2.11. The maximum Gasteiger partial charge on any atom is 0.306 e. The molecular formula is C13H19NO5S. The predicted octanol–water partition coefficient (Wildman–Crippen LogP) is 1.39. The number of carboxylic acids is 1. The van der Waals surface area contributed by atoms with Crippen LogP contribution in [0.1, 0.15) is 18.9 Å². The van der Waals surface area contributed by atoms with E-state index in [9.17, 15) is 13.2 Å². The number of hydrogen-bond donors (Lipinski definition) is 2. The lowest BCUT2D eigenvalue weighted by Crippen LogP contribution is -2.27. The molecule has 0 radical (unpaired) electrons. The van der Waals surface area contributed by atoms with E-state index in [2.05, 4.69) is 4.72 Å². The second-order valence-electron chi connectivity index (χ2n) is 4.56. The lowest BCUT2D eigenvalue weighted by atomic mass is 10.1. The number of benzene rings is 1. The normalized spacial score (nSPS) is 12.9. The summed E-state index contributed by atoms with van der Waals surface area (Å²) >= 11 is 0. The minimum Gasteiger partial charge on any atom is -0.496 e. The Bertz CT molecular complexity index is 582.